The van der Waals surface area contributed by atoms with E-state index >= 15 is 0 Å². The van der Waals surface area contributed by atoms with Gasteiger partial charge in [-0.25, -0.2) is 0 Å². The molecule has 0 saturated carbocycles. The first kappa shape index (κ1) is 10.9. The second-order valence-electron chi connectivity index (χ2n) is 3.59. The van der Waals surface area contributed by atoms with Gasteiger partial charge in [-0.3, -0.25) is 4.90 Å². The van der Waals surface area contributed by atoms with Gasteiger partial charge < -0.3 is 22.5 Å². The number of hydrogen-bond acceptors (Lipinski definition) is 5. The normalized spacial score (nSPS) is 25.4. The average molecular weight is 187 g/mol. The van der Waals surface area contributed by atoms with Crippen LogP contribution in [0.5, 0.6) is 0 Å². The Kier molecular flexibility index (Phi) is 4.61. The van der Waals surface area contributed by atoms with Crippen molar-refractivity contribution in [2.75, 3.05) is 32.7 Å². The van der Waals surface area contributed by atoms with Gasteiger partial charge in [0.1, 0.15) is 0 Å². The van der Waals surface area contributed by atoms with Gasteiger partial charge in [0.25, 0.3) is 0 Å². The first-order valence-electron chi connectivity index (χ1n) is 4.90. The molecule has 13 heavy (non-hydrogen) atoms. The zero-order chi connectivity index (χ0) is 9.68. The Balaban J connectivity index is 2.36. The third kappa shape index (κ3) is 3.58. The lowest BCUT2D eigenvalue weighted by molar-refractivity contribution is 0.147. The van der Waals surface area contributed by atoms with Crippen LogP contribution in [-0.2, 0) is 0 Å². The molecule has 5 nitrogen and oxygen atoms in total. The lowest BCUT2D eigenvalue weighted by Crippen LogP contribution is -2.56. The van der Waals surface area contributed by atoms with E-state index in [1.807, 2.05) is 0 Å². The standard InChI is InChI=1S/C8H21N5/c9-2-1-7-5-12-3-4-13(7)6-8(10)11/h7-8,12H,1-6,9-11H2. The Morgan fingerprint density at radius 2 is 2.23 bits per heavy atom. The first-order valence-corrected chi connectivity index (χ1v) is 4.90. The van der Waals surface area contributed by atoms with Crippen LogP contribution in [0, 0.1) is 0 Å². The van der Waals surface area contributed by atoms with E-state index in [4.69, 9.17) is 17.2 Å². The van der Waals surface area contributed by atoms with Crippen molar-refractivity contribution in [3.05, 3.63) is 0 Å². The van der Waals surface area contributed by atoms with Gasteiger partial charge in [0.2, 0.25) is 0 Å². The molecule has 0 aromatic heterocycles. The summed E-state index contributed by atoms with van der Waals surface area (Å²) in [5.74, 6) is 0. The van der Waals surface area contributed by atoms with Crippen molar-refractivity contribution in [2.24, 2.45) is 17.2 Å². The van der Waals surface area contributed by atoms with E-state index in [-0.39, 0.29) is 6.17 Å². The molecular formula is C8H21N5. The molecule has 78 valence electrons. The van der Waals surface area contributed by atoms with Crippen LogP contribution in [0.1, 0.15) is 6.42 Å². The molecule has 1 saturated heterocycles. The van der Waals surface area contributed by atoms with Gasteiger partial charge in [0, 0.05) is 32.2 Å². The summed E-state index contributed by atoms with van der Waals surface area (Å²) >= 11 is 0. The Bertz CT molecular complexity index is 136. The summed E-state index contributed by atoms with van der Waals surface area (Å²) in [6, 6.07) is 0.508. The number of piperazine rings is 1. The summed E-state index contributed by atoms with van der Waals surface area (Å²) in [7, 11) is 0. The van der Waals surface area contributed by atoms with Crippen LogP contribution < -0.4 is 22.5 Å². The summed E-state index contributed by atoms with van der Waals surface area (Å²) in [4.78, 5) is 2.33. The van der Waals surface area contributed by atoms with Crippen molar-refractivity contribution >= 4 is 0 Å². The van der Waals surface area contributed by atoms with E-state index in [1.165, 1.54) is 0 Å². The largest absolute Gasteiger partial charge is 0.330 e. The van der Waals surface area contributed by atoms with E-state index in [9.17, 15) is 0 Å². The third-order valence-electron chi connectivity index (χ3n) is 2.42. The molecule has 0 spiro atoms. The number of hydrogen-bond donors (Lipinski definition) is 4. The molecule has 1 rings (SSSR count). The van der Waals surface area contributed by atoms with Gasteiger partial charge in [0.05, 0.1) is 6.17 Å². The van der Waals surface area contributed by atoms with Crippen LogP contribution in [0.4, 0.5) is 0 Å². The molecule has 1 unspecified atom stereocenters. The molecule has 0 amide bonds. The van der Waals surface area contributed by atoms with Crippen molar-refractivity contribution in [3.8, 4) is 0 Å². The molecule has 1 fully saturated rings. The highest BCUT2D eigenvalue weighted by Gasteiger charge is 2.21. The molecule has 1 aliphatic heterocycles. The second-order valence-corrected chi connectivity index (χ2v) is 3.59. The fourth-order valence-corrected chi connectivity index (χ4v) is 1.79. The quantitative estimate of drug-likeness (QED) is 0.377. The van der Waals surface area contributed by atoms with Crippen LogP contribution in [-0.4, -0.2) is 49.8 Å². The monoisotopic (exact) mass is 187 g/mol. The third-order valence-corrected chi connectivity index (χ3v) is 2.42. The van der Waals surface area contributed by atoms with Crippen LogP contribution in [0.15, 0.2) is 0 Å². The number of nitrogens with two attached hydrogens (primary N) is 3. The van der Waals surface area contributed by atoms with Crippen LogP contribution in [0.3, 0.4) is 0 Å². The number of nitrogens with zero attached hydrogens (tertiary/aromatic N) is 1. The molecule has 0 aromatic carbocycles. The predicted octanol–water partition coefficient (Wildman–Crippen LogP) is -2.15. The fraction of sp³-hybridized carbons (Fsp3) is 1.00. The molecule has 0 aliphatic carbocycles. The van der Waals surface area contributed by atoms with Gasteiger partial charge in [-0.2, -0.15) is 0 Å². The summed E-state index contributed by atoms with van der Waals surface area (Å²) < 4.78 is 0. The lowest BCUT2D eigenvalue weighted by atomic mass is 10.1. The van der Waals surface area contributed by atoms with E-state index in [0.717, 1.165) is 39.1 Å². The van der Waals surface area contributed by atoms with Crippen LogP contribution >= 0.6 is 0 Å². The molecule has 1 atom stereocenters. The maximum Gasteiger partial charge on any atom is 0.0652 e. The van der Waals surface area contributed by atoms with Crippen LogP contribution in [0.2, 0.25) is 0 Å². The highest BCUT2D eigenvalue weighted by Crippen LogP contribution is 2.05. The van der Waals surface area contributed by atoms with E-state index in [1.54, 1.807) is 0 Å². The molecule has 1 heterocycles. The molecular weight excluding hydrogens is 166 g/mol. The van der Waals surface area contributed by atoms with Crippen molar-refractivity contribution in [2.45, 2.75) is 18.6 Å². The van der Waals surface area contributed by atoms with E-state index in [2.05, 4.69) is 10.2 Å². The summed E-state index contributed by atoms with van der Waals surface area (Å²) in [5, 5.41) is 3.34. The highest BCUT2D eigenvalue weighted by molar-refractivity contribution is 4.81. The molecule has 1 aliphatic rings. The van der Waals surface area contributed by atoms with E-state index < -0.39 is 0 Å². The van der Waals surface area contributed by atoms with Crippen molar-refractivity contribution in [3.63, 3.8) is 0 Å². The van der Waals surface area contributed by atoms with Gasteiger partial charge >= 0.3 is 0 Å². The second kappa shape index (κ2) is 5.51. The molecule has 5 heteroatoms. The van der Waals surface area contributed by atoms with Gasteiger partial charge in [-0.05, 0) is 13.0 Å². The lowest BCUT2D eigenvalue weighted by Gasteiger charge is -2.36. The Hall–Kier alpha value is -0.200. The average Bonchev–Trinajstić information content (AvgIpc) is 2.08. The van der Waals surface area contributed by atoms with Gasteiger partial charge in [-0.1, -0.05) is 0 Å². The molecule has 7 N–H and O–H groups in total. The first-order chi connectivity index (χ1) is 6.24. The number of rotatable bonds is 4. The minimum Gasteiger partial charge on any atom is -0.330 e. The Morgan fingerprint density at radius 3 is 2.85 bits per heavy atom. The topological polar surface area (TPSA) is 93.3 Å². The predicted molar refractivity (Wildman–Crippen MR) is 54.1 cm³/mol. The SMILES string of the molecule is NCCC1CNCCN1CC(N)N. The highest BCUT2D eigenvalue weighted by atomic mass is 15.2. The maximum atomic E-state index is 5.57. The maximum absolute atomic E-state index is 5.57. The van der Waals surface area contributed by atoms with Gasteiger partial charge in [-0.15, -0.1) is 0 Å². The summed E-state index contributed by atoms with van der Waals surface area (Å²) in [5.41, 5.74) is 16.7. The molecule has 0 bridgehead atoms. The van der Waals surface area contributed by atoms with E-state index in [0.29, 0.717) is 6.04 Å². The molecule has 0 aromatic rings. The Labute approximate surface area is 79.6 Å². The number of nitrogens with one attached hydrogen (secondary N) is 1. The van der Waals surface area contributed by atoms with Crippen molar-refractivity contribution < 1.29 is 0 Å². The summed E-state index contributed by atoms with van der Waals surface area (Å²) in [6.07, 6.45) is 0.776. The zero-order valence-corrected chi connectivity index (χ0v) is 8.08. The van der Waals surface area contributed by atoms with Crippen LogP contribution in [0.25, 0.3) is 0 Å². The summed E-state index contributed by atoms with van der Waals surface area (Å²) in [6.45, 7) is 4.54. The molecule has 0 radical (unpaired) electrons. The van der Waals surface area contributed by atoms with Crippen molar-refractivity contribution in [1.29, 1.82) is 0 Å². The zero-order valence-electron chi connectivity index (χ0n) is 8.08. The van der Waals surface area contributed by atoms with Crippen molar-refractivity contribution in [1.82, 2.24) is 10.2 Å². The minimum atomic E-state index is -0.238. The Morgan fingerprint density at radius 1 is 1.46 bits per heavy atom. The van der Waals surface area contributed by atoms with Gasteiger partial charge in [0.15, 0.2) is 0 Å². The minimum absolute atomic E-state index is 0.238. The smallest absolute Gasteiger partial charge is 0.0652 e. The fourth-order valence-electron chi connectivity index (χ4n) is 1.79.